The first kappa shape index (κ1) is 41.2. The van der Waals surface area contributed by atoms with Crippen molar-refractivity contribution < 1.29 is 4.74 Å². The maximum absolute atomic E-state index is 6.37. The maximum Gasteiger partial charge on any atom is 0.134 e. The number of anilines is 2. The molecule has 0 bridgehead atoms. The van der Waals surface area contributed by atoms with Crippen LogP contribution < -0.4 is 5.32 Å². The highest BCUT2D eigenvalue weighted by atomic mass is 16.5. The topological polar surface area (TPSA) is 21.3 Å². The normalized spacial score (nSPS) is 18.9. The van der Waals surface area contributed by atoms with Crippen LogP contribution in [0.4, 0.5) is 11.4 Å². The highest BCUT2D eigenvalue weighted by molar-refractivity contribution is 5.91. The lowest BCUT2D eigenvalue weighted by Crippen LogP contribution is -2.15. The molecule has 2 nitrogen and oxygen atoms in total. The average molecular weight is 818 g/mol. The zero-order valence-electron chi connectivity index (χ0n) is 37.1. The molecule has 63 heavy (non-hydrogen) atoms. The molecule has 4 aliphatic rings. The molecule has 0 amide bonds. The molecule has 1 aliphatic heterocycles. The number of ether oxygens (including phenoxy) is 1. The van der Waals surface area contributed by atoms with Gasteiger partial charge >= 0.3 is 0 Å². The minimum absolute atomic E-state index is 0.0315. The Balaban J connectivity index is 0.000000193. The highest BCUT2D eigenvalue weighted by Crippen LogP contribution is 2.52. The maximum atomic E-state index is 6.37. The molecule has 0 saturated heterocycles. The van der Waals surface area contributed by atoms with Crippen molar-refractivity contribution in [3.8, 4) is 33.4 Å². The monoisotopic (exact) mass is 817 g/mol. The molecule has 10 rings (SSSR count). The smallest absolute Gasteiger partial charge is 0.134 e. The van der Waals surface area contributed by atoms with Crippen LogP contribution in [-0.4, -0.2) is 0 Å². The molecule has 0 aromatic heterocycles. The van der Waals surface area contributed by atoms with E-state index < -0.39 is 0 Å². The van der Waals surface area contributed by atoms with Gasteiger partial charge in [-0.3, -0.25) is 0 Å². The summed E-state index contributed by atoms with van der Waals surface area (Å²) in [5.74, 6) is 1.74. The zero-order chi connectivity index (χ0) is 43.7. The fourth-order valence-corrected chi connectivity index (χ4v) is 9.77. The summed E-state index contributed by atoms with van der Waals surface area (Å²) in [7, 11) is 0. The van der Waals surface area contributed by atoms with Crippen molar-refractivity contribution in [1.82, 2.24) is 0 Å². The van der Waals surface area contributed by atoms with Crippen LogP contribution in [0.1, 0.15) is 75.3 Å². The summed E-state index contributed by atoms with van der Waals surface area (Å²) in [5.41, 5.74) is 21.2. The van der Waals surface area contributed by atoms with Crippen LogP contribution in [-0.2, 0) is 15.6 Å². The summed E-state index contributed by atoms with van der Waals surface area (Å²) >= 11 is 0. The van der Waals surface area contributed by atoms with Crippen molar-refractivity contribution in [1.29, 1.82) is 0 Å². The highest BCUT2D eigenvalue weighted by Gasteiger charge is 2.38. The summed E-state index contributed by atoms with van der Waals surface area (Å²) in [6.07, 6.45) is 18.6. The lowest BCUT2D eigenvalue weighted by molar-refractivity contribution is 0.391. The van der Waals surface area contributed by atoms with Gasteiger partial charge in [-0.15, -0.1) is 0 Å². The predicted molar refractivity (Wildman–Crippen MR) is 269 cm³/mol. The fourth-order valence-electron chi connectivity index (χ4n) is 9.77. The van der Waals surface area contributed by atoms with E-state index in [1.165, 1.54) is 72.4 Å². The van der Waals surface area contributed by atoms with E-state index in [2.05, 4.69) is 223 Å². The van der Waals surface area contributed by atoms with Crippen molar-refractivity contribution in [2.24, 2.45) is 0 Å². The molecule has 0 fully saturated rings. The number of benzene rings is 6. The first-order chi connectivity index (χ1) is 30.6. The quantitative estimate of drug-likeness (QED) is 0.181. The van der Waals surface area contributed by atoms with Crippen LogP contribution >= 0.6 is 0 Å². The third-order valence-corrected chi connectivity index (χ3v) is 13.1. The third-order valence-electron chi connectivity index (χ3n) is 13.1. The van der Waals surface area contributed by atoms with Crippen LogP contribution in [0.3, 0.4) is 0 Å². The fraction of sp³-hybridized carbons (Fsp3) is 0.148. The van der Waals surface area contributed by atoms with Crippen LogP contribution in [0, 0.1) is 0 Å². The molecule has 0 radical (unpaired) electrons. The van der Waals surface area contributed by atoms with E-state index in [-0.39, 0.29) is 10.8 Å². The molecule has 0 unspecified atom stereocenters. The molecule has 0 spiro atoms. The molecule has 1 N–H and O–H groups in total. The van der Waals surface area contributed by atoms with Crippen LogP contribution in [0.25, 0.3) is 44.7 Å². The van der Waals surface area contributed by atoms with Crippen LogP contribution in [0.2, 0.25) is 0 Å². The Morgan fingerprint density at radius 3 is 1.81 bits per heavy atom. The number of hydrogen-bond donors (Lipinski definition) is 1. The predicted octanol–water partition coefficient (Wildman–Crippen LogP) is 16.7. The van der Waals surface area contributed by atoms with Gasteiger partial charge in [-0.1, -0.05) is 168 Å². The third kappa shape index (κ3) is 7.83. The second kappa shape index (κ2) is 17.0. The largest absolute Gasteiger partial charge is 0.456 e. The Bertz CT molecular complexity index is 2940. The number of allylic oxidation sites excluding steroid dienone is 12. The molecule has 6 aromatic carbocycles. The number of rotatable bonds is 6. The first-order valence-corrected chi connectivity index (χ1v) is 22.1. The Labute approximate surface area is 374 Å². The van der Waals surface area contributed by atoms with Gasteiger partial charge in [0.2, 0.25) is 0 Å². The molecule has 0 saturated carbocycles. The van der Waals surface area contributed by atoms with E-state index >= 15 is 0 Å². The lowest BCUT2D eigenvalue weighted by atomic mass is 9.81. The van der Waals surface area contributed by atoms with Crippen molar-refractivity contribution in [3.63, 3.8) is 0 Å². The van der Waals surface area contributed by atoms with Crippen molar-refractivity contribution in [2.45, 2.75) is 58.3 Å². The number of fused-ring (bicyclic) bond motifs is 4. The van der Waals surface area contributed by atoms with Gasteiger partial charge in [-0.2, -0.15) is 0 Å². The van der Waals surface area contributed by atoms with Gasteiger partial charge in [0.25, 0.3) is 0 Å². The Kier molecular flexibility index (Phi) is 11.1. The summed E-state index contributed by atoms with van der Waals surface area (Å²) in [4.78, 5) is 0. The van der Waals surface area contributed by atoms with Crippen LogP contribution in [0.5, 0.6) is 0 Å². The summed E-state index contributed by atoms with van der Waals surface area (Å²) in [6, 6.07) is 50.2. The van der Waals surface area contributed by atoms with Gasteiger partial charge in [-0.05, 0) is 153 Å². The van der Waals surface area contributed by atoms with E-state index in [9.17, 15) is 0 Å². The van der Waals surface area contributed by atoms with E-state index in [1.807, 2.05) is 18.2 Å². The molecule has 0 atom stereocenters. The summed E-state index contributed by atoms with van der Waals surface area (Å²) in [5, 5.41) is 3.63. The van der Waals surface area contributed by atoms with E-state index in [4.69, 9.17) is 4.74 Å². The molecule has 1 heterocycles. The summed E-state index contributed by atoms with van der Waals surface area (Å²) in [6.45, 7) is 19.5. The average Bonchev–Trinajstić information content (AvgIpc) is 3.66. The Morgan fingerprint density at radius 2 is 1.17 bits per heavy atom. The van der Waals surface area contributed by atoms with Crippen molar-refractivity contribution in [3.05, 3.63) is 252 Å². The van der Waals surface area contributed by atoms with E-state index in [1.54, 1.807) is 0 Å². The van der Waals surface area contributed by atoms with Crippen LogP contribution in [0.15, 0.2) is 224 Å². The molecule has 2 heteroatoms. The first-order valence-electron chi connectivity index (χ1n) is 22.1. The molecular weight excluding hydrogens is 763 g/mol. The molecule has 6 aromatic rings. The second-order valence-corrected chi connectivity index (χ2v) is 17.8. The van der Waals surface area contributed by atoms with Gasteiger partial charge < -0.3 is 10.1 Å². The Hall–Kier alpha value is -7.16. The van der Waals surface area contributed by atoms with Gasteiger partial charge in [0, 0.05) is 33.3 Å². The minimum atomic E-state index is -0.0844. The van der Waals surface area contributed by atoms with Gasteiger partial charge in [-0.25, -0.2) is 0 Å². The lowest BCUT2D eigenvalue weighted by Gasteiger charge is -2.23. The zero-order valence-corrected chi connectivity index (χ0v) is 37.1. The molecule has 3 aliphatic carbocycles. The van der Waals surface area contributed by atoms with Crippen molar-refractivity contribution in [2.75, 3.05) is 5.32 Å². The van der Waals surface area contributed by atoms with E-state index in [0.717, 1.165) is 46.9 Å². The van der Waals surface area contributed by atoms with Gasteiger partial charge in [0.1, 0.15) is 11.5 Å². The Morgan fingerprint density at radius 1 is 0.603 bits per heavy atom. The molecular formula is C61H55NO. The van der Waals surface area contributed by atoms with Crippen molar-refractivity contribution >= 4 is 22.7 Å². The van der Waals surface area contributed by atoms with Gasteiger partial charge in [0.15, 0.2) is 0 Å². The number of hydrogen-bond acceptors (Lipinski definition) is 2. The molecule has 310 valence electrons. The number of nitrogens with one attached hydrogen (secondary N) is 1. The summed E-state index contributed by atoms with van der Waals surface area (Å²) < 4.78 is 6.37. The second-order valence-electron chi connectivity index (χ2n) is 17.8. The van der Waals surface area contributed by atoms with E-state index in [0.29, 0.717) is 0 Å². The standard InChI is InChI=1S/C39H33NO.C22H22/c1-26-10-9-15-37(41-38-14-8-7-13-32(26)38)28-16-19-30(20-17-28)40-31-21-23-34-33-22-18-29(27-11-5-4-6-12-27)24-35(33)39(2,3)36(34)25-31;1-5-10-18-19-14-13-17(16-11-8-7-9-12-16)15-21(19)22(3,4)20(18)6-2/h4-6,8-12,14-25,40H,1,7,13H2,2-3H3;5-15H,1H2,2-4H3/b10-9-,37-15-;18-10-,20-6+. The van der Waals surface area contributed by atoms with Gasteiger partial charge in [0.05, 0.1) is 0 Å². The minimum Gasteiger partial charge on any atom is -0.456 e. The SMILES string of the molecule is C=C/C=C1\C(=C/C)C(C)(C)c2cc(-c3ccccc3)ccc21.C=C1/C=C\C=C(\c2ccc(Nc3ccc4c(c3)C(C)(C)c3cc(-c5ccccc5)ccc3-4)cc2)OC2=C1CCC=C2.